The Balaban J connectivity index is 1.95. The zero-order chi connectivity index (χ0) is 22.0. The van der Waals surface area contributed by atoms with E-state index < -0.39 is 17.4 Å². The molecule has 3 aromatic rings. The van der Waals surface area contributed by atoms with Gasteiger partial charge in [-0.1, -0.05) is 37.6 Å². The molecule has 1 aromatic carbocycles. The van der Waals surface area contributed by atoms with Gasteiger partial charge in [0.1, 0.15) is 18.5 Å². The maximum atomic E-state index is 12.8. The van der Waals surface area contributed by atoms with Crippen molar-refractivity contribution in [2.45, 2.75) is 26.5 Å². The van der Waals surface area contributed by atoms with Crippen LogP contribution in [0.25, 0.3) is 11.2 Å². The maximum absolute atomic E-state index is 12.8. The highest BCUT2D eigenvalue weighted by Crippen LogP contribution is 2.23. The topological polar surface area (TPSA) is 103 Å². The summed E-state index contributed by atoms with van der Waals surface area (Å²) in [5.74, 6) is 1.21. The van der Waals surface area contributed by atoms with Crippen molar-refractivity contribution in [1.82, 2.24) is 18.7 Å². The number of benzene rings is 1. The Labute approximate surface area is 178 Å². The average molecular weight is 436 g/mol. The van der Waals surface area contributed by atoms with Gasteiger partial charge >= 0.3 is 5.69 Å². The van der Waals surface area contributed by atoms with Crippen LogP contribution in [-0.4, -0.2) is 43.0 Å². The number of rotatable bonds is 8. The predicted octanol–water partition coefficient (Wildman–Crippen LogP) is 1.59. The highest BCUT2D eigenvalue weighted by Gasteiger charge is 2.21. The smallest absolute Gasteiger partial charge is 0.332 e. The van der Waals surface area contributed by atoms with Crippen LogP contribution in [0, 0.1) is 5.92 Å². The largest absolute Gasteiger partial charge is 0.489 e. The van der Waals surface area contributed by atoms with E-state index in [1.165, 1.54) is 11.6 Å². The molecule has 10 heteroatoms. The van der Waals surface area contributed by atoms with Crippen molar-refractivity contribution in [2.75, 3.05) is 18.5 Å². The van der Waals surface area contributed by atoms with Crippen molar-refractivity contribution in [2.24, 2.45) is 20.0 Å². The Kier molecular flexibility index (Phi) is 6.52. The molecule has 9 nitrogen and oxygen atoms in total. The first-order valence-electron chi connectivity index (χ1n) is 9.66. The predicted molar refractivity (Wildman–Crippen MR) is 116 cm³/mol. The molecule has 2 N–H and O–H groups in total. The number of aromatic nitrogens is 4. The molecule has 0 aliphatic heterocycles. The highest BCUT2D eigenvalue weighted by molar-refractivity contribution is 6.32. The molecule has 0 amide bonds. The lowest BCUT2D eigenvalue weighted by molar-refractivity contribution is 0.0938. The fraction of sp³-hybridized carbons (Fsp3) is 0.450. The van der Waals surface area contributed by atoms with Gasteiger partial charge < -0.3 is 19.7 Å². The van der Waals surface area contributed by atoms with Gasteiger partial charge in [-0.2, -0.15) is 4.98 Å². The second kappa shape index (κ2) is 8.93. The molecule has 1 unspecified atom stereocenters. The van der Waals surface area contributed by atoms with Gasteiger partial charge in [-0.3, -0.25) is 13.9 Å². The first-order valence-corrected chi connectivity index (χ1v) is 10.0. The maximum Gasteiger partial charge on any atom is 0.332 e. The summed E-state index contributed by atoms with van der Waals surface area (Å²) in [4.78, 5) is 29.5. The van der Waals surface area contributed by atoms with Gasteiger partial charge in [0, 0.05) is 20.6 Å². The number of ether oxygens (including phenoxy) is 1. The zero-order valence-corrected chi connectivity index (χ0v) is 18.2. The fourth-order valence-electron chi connectivity index (χ4n) is 3.07. The number of fused-ring (bicyclic) bond motifs is 1. The number of anilines is 1. The Morgan fingerprint density at radius 2 is 1.90 bits per heavy atom. The molecular weight excluding hydrogens is 410 g/mol. The van der Waals surface area contributed by atoms with Gasteiger partial charge in [0.05, 0.1) is 11.6 Å². The van der Waals surface area contributed by atoms with E-state index in [0.717, 1.165) is 4.57 Å². The molecule has 1 atom stereocenters. The van der Waals surface area contributed by atoms with Crippen LogP contribution in [0.5, 0.6) is 5.75 Å². The number of hydrogen-bond donors (Lipinski definition) is 2. The molecule has 162 valence electrons. The summed E-state index contributed by atoms with van der Waals surface area (Å²) in [6.45, 7) is 4.72. The Hall–Kier alpha value is -2.78. The highest BCUT2D eigenvalue weighted by atomic mass is 35.5. The van der Waals surface area contributed by atoms with Crippen molar-refractivity contribution in [1.29, 1.82) is 0 Å². The van der Waals surface area contributed by atoms with Crippen LogP contribution < -0.4 is 21.3 Å². The van der Waals surface area contributed by atoms with Gasteiger partial charge in [-0.25, -0.2) is 4.79 Å². The van der Waals surface area contributed by atoms with E-state index in [1.54, 1.807) is 35.9 Å². The summed E-state index contributed by atoms with van der Waals surface area (Å²) in [6.07, 6.45) is -0.944. The van der Waals surface area contributed by atoms with Crippen molar-refractivity contribution >= 4 is 28.7 Å². The van der Waals surface area contributed by atoms with E-state index in [9.17, 15) is 14.7 Å². The van der Waals surface area contributed by atoms with E-state index in [0.29, 0.717) is 29.2 Å². The molecule has 2 aromatic heterocycles. The van der Waals surface area contributed by atoms with Gasteiger partial charge in [-0.15, -0.1) is 0 Å². The number of aliphatic hydroxyl groups is 1. The Morgan fingerprint density at radius 1 is 1.20 bits per heavy atom. The molecule has 0 radical (unpaired) electrons. The standard InChI is InChI=1S/C20H26ClN5O4/c1-12(2)9-22-19-23-17-16(18(28)25(4)20(29)24(17)3)26(19)10-13(27)11-30-15-8-6-5-7-14(15)21/h5-8,12-13,27H,9-11H2,1-4H3,(H,22,23). The SMILES string of the molecule is CC(C)CNc1nc2c(c(=O)n(C)c(=O)n2C)n1CC(O)COc1ccccc1Cl. The van der Waals surface area contributed by atoms with E-state index in [4.69, 9.17) is 16.3 Å². The van der Waals surface area contributed by atoms with Gasteiger partial charge in [0.25, 0.3) is 5.56 Å². The lowest BCUT2D eigenvalue weighted by Crippen LogP contribution is -2.38. The van der Waals surface area contributed by atoms with Crippen molar-refractivity contribution in [3.63, 3.8) is 0 Å². The van der Waals surface area contributed by atoms with E-state index in [2.05, 4.69) is 10.3 Å². The van der Waals surface area contributed by atoms with Crippen LogP contribution >= 0.6 is 11.6 Å². The molecule has 30 heavy (non-hydrogen) atoms. The van der Waals surface area contributed by atoms with Crippen LogP contribution in [0.4, 0.5) is 5.95 Å². The quantitative estimate of drug-likeness (QED) is 0.557. The van der Waals surface area contributed by atoms with Crippen LogP contribution in [-0.2, 0) is 20.6 Å². The minimum Gasteiger partial charge on any atom is -0.489 e. The molecule has 2 heterocycles. The molecule has 3 rings (SSSR count). The van der Waals surface area contributed by atoms with Gasteiger partial charge in [0.2, 0.25) is 5.95 Å². The monoisotopic (exact) mass is 435 g/mol. The number of para-hydroxylation sites is 1. The van der Waals surface area contributed by atoms with Crippen molar-refractivity contribution in [3.8, 4) is 5.75 Å². The number of aryl methyl sites for hydroxylation is 1. The number of nitrogens with one attached hydrogen (secondary N) is 1. The summed E-state index contributed by atoms with van der Waals surface area (Å²) >= 11 is 6.09. The third-order valence-electron chi connectivity index (χ3n) is 4.68. The first kappa shape index (κ1) is 21.9. The van der Waals surface area contributed by atoms with E-state index in [1.807, 2.05) is 13.8 Å². The molecule has 0 fully saturated rings. The first-order chi connectivity index (χ1) is 14.2. The van der Waals surface area contributed by atoms with Crippen molar-refractivity contribution in [3.05, 3.63) is 50.1 Å². The Morgan fingerprint density at radius 3 is 2.57 bits per heavy atom. The third-order valence-corrected chi connectivity index (χ3v) is 4.99. The number of aliphatic hydroxyl groups excluding tert-OH is 1. The van der Waals surface area contributed by atoms with E-state index in [-0.39, 0.29) is 24.3 Å². The second-order valence-corrected chi connectivity index (χ2v) is 8.00. The second-order valence-electron chi connectivity index (χ2n) is 7.59. The normalized spacial score (nSPS) is 12.5. The third kappa shape index (κ3) is 4.36. The van der Waals surface area contributed by atoms with Crippen LogP contribution in [0.15, 0.2) is 33.9 Å². The van der Waals surface area contributed by atoms with Gasteiger partial charge in [-0.05, 0) is 18.1 Å². The summed E-state index contributed by atoms with van der Waals surface area (Å²) in [5, 5.41) is 14.2. The zero-order valence-electron chi connectivity index (χ0n) is 17.4. The minimum atomic E-state index is -0.944. The molecule has 0 aliphatic rings. The Bertz CT molecular complexity index is 1160. The summed E-state index contributed by atoms with van der Waals surface area (Å²) in [5.41, 5.74) is -0.441. The summed E-state index contributed by atoms with van der Waals surface area (Å²) in [7, 11) is 2.98. The van der Waals surface area contributed by atoms with Crippen LogP contribution in [0.3, 0.4) is 0 Å². The van der Waals surface area contributed by atoms with E-state index >= 15 is 0 Å². The molecule has 0 spiro atoms. The van der Waals surface area contributed by atoms with Crippen LogP contribution in [0.2, 0.25) is 5.02 Å². The number of imidazole rings is 1. The lowest BCUT2D eigenvalue weighted by atomic mass is 10.2. The van der Waals surface area contributed by atoms with Gasteiger partial charge in [0.15, 0.2) is 11.2 Å². The molecule has 0 saturated carbocycles. The lowest BCUT2D eigenvalue weighted by Gasteiger charge is -2.17. The number of halogens is 1. The molecular formula is C20H26ClN5O4. The fourth-order valence-corrected chi connectivity index (χ4v) is 3.26. The molecule has 0 bridgehead atoms. The summed E-state index contributed by atoms with van der Waals surface area (Å²) in [6, 6.07) is 6.98. The molecule has 0 aliphatic carbocycles. The van der Waals surface area contributed by atoms with Crippen molar-refractivity contribution < 1.29 is 9.84 Å². The molecule has 0 saturated heterocycles. The minimum absolute atomic E-state index is 0.0287. The number of hydrogen-bond acceptors (Lipinski definition) is 6. The average Bonchev–Trinajstić information content (AvgIpc) is 3.06. The van der Waals surface area contributed by atoms with Crippen LogP contribution in [0.1, 0.15) is 13.8 Å². The number of nitrogens with zero attached hydrogens (tertiary/aromatic N) is 4. The summed E-state index contributed by atoms with van der Waals surface area (Å²) < 4.78 is 9.56.